The second kappa shape index (κ2) is 7.93. The summed E-state index contributed by atoms with van der Waals surface area (Å²) in [4.78, 5) is 34.9. The Hall–Kier alpha value is -2.77. The topological polar surface area (TPSA) is 53.0 Å². The zero-order chi connectivity index (χ0) is 20.5. The van der Waals surface area contributed by atoms with Crippen molar-refractivity contribution in [3.8, 4) is 0 Å². The van der Waals surface area contributed by atoms with Crippen molar-refractivity contribution >= 4 is 23.0 Å². The number of aliphatic imine (C=N–C) groups is 1. The lowest BCUT2D eigenvalue weighted by atomic mass is 9.83. The van der Waals surface area contributed by atoms with Crippen LogP contribution in [-0.4, -0.2) is 65.8 Å². The third-order valence-electron chi connectivity index (χ3n) is 5.55. The zero-order valence-corrected chi connectivity index (χ0v) is 16.1. The maximum Gasteiger partial charge on any atom is 0.210 e. The molecule has 2 aliphatic rings. The number of carbonyl (C=O) groups is 2. The Balaban J connectivity index is 1.80. The maximum absolute atomic E-state index is 14.2. The van der Waals surface area contributed by atoms with E-state index in [9.17, 15) is 18.4 Å². The van der Waals surface area contributed by atoms with E-state index in [0.29, 0.717) is 18.7 Å². The van der Waals surface area contributed by atoms with Crippen molar-refractivity contribution in [3.05, 3.63) is 65.2 Å². The molecule has 29 heavy (non-hydrogen) atoms. The van der Waals surface area contributed by atoms with Crippen LogP contribution in [0.2, 0.25) is 0 Å². The summed E-state index contributed by atoms with van der Waals surface area (Å²) in [6.45, 7) is 5.74. The minimum absolute atomic E-state index is 0.0100. The monoisotopic (exact) mass is 397 g/mol. The largest absolute Gasteiger partial charge is 0.301 e. The van der Waals surface area contributed by atoms with Gasteiger partial charge in [-0.2, -0.15) is 0 Å². The predicted molar refractivity (Wildman–Crippen MR) is 106 cm³/mol. The van der Waals surface area contributed by atoms with Gasteiger partial charge in [0.05, 0.1) is 5.69 Å². The third-order valence-corrected chi connectivity index (χ3v) is 5.55. The molecule has 0 saturated carbocycles. The fourth-order valence-electron chi connectivity index (χ4n) is 3.92. The van der Waals surface area contributed by atoms with Gasteiger partial charge in [-0.15, -0.1) is 0 Å². The highest BCUT2D eigenvalue weighted by atomic mass is 19.1. The van der Waals surface area contributed by atoms with Gasteiger partial charge in [0, 0.05) is 43.4 Å². The van der Waals surface area contributed by atoms with Gasteiger partial charge in [-0.3, -0.25) is 14.5 Å². The average Bonchev–Trinajstić information content (AvgIpc) is 2.74. The Morgan fingerprint density at radius 2 is 1.69 bits per heavy atom. The van der Waals surface area contributed by atoms with Crippen LogP contribution in [0, 0.1) is 11.6 Å². The zero-order valence-electron chi connectivity index (χ0n) is 16.1. The molecule has 2 aromatic rings. The van der Waals surface area contributed by atoms with Gasteiger partial charge in [-0.25, -0.2) is 13.8 Å². The van der Waals surface area contributed by atoms with Crippen LogP contribution in [-0.2, 0) is 0 Å². The minimum Gasteiger partial charge on any atom is -0.301 e. The SMILES string of the molecule is CCN1CCN(C2C(=O)c3ccccc3C(=O)C2=Nc2ccc(F)cc2F)CC1. The highest BCUT2D eigenvalue weighted by Gasteiger charge is 2.42. The summed E-state index contributed by atoms with van der Waals surface area (Å²) in [6, 6.07) is 8.73. The van der Waals surface area contributed by atoms with E-state index in [-0.39, 0.29) is 22.7 Å². The summed E-state index contributed by atoms with van der Waals surface area (Å²) in [5.41, 5.74) is 0.462. The number of ketones is 2. The minimum atomic E-state index is -0.874. The molecule has 7 heteroatoms. The number of fused-ring (bicyclic) bond motifs is 1. The normalized spacial score (nSPS) is 22.2. The molecule has 150 valence electrons. The van der Waals surface area contributed by atoms with Crippen molar-refractivity contribution in [2.24, 2.45) is 4.99 Å². The van der Waals surface area contributed by atoms with Crippen molar-refractivity contribution in [1.29, 1.82) is 0 Å². The summed E-state index contributed by atoms with van der Waals surface area (Å²) >= 11 is 0. The van der Waals surface area contributed by atoms with Crippen LogP contribution in [0.1, 0.15) is 27.6 Å². The van der Waals surface area contributed by atoms with Gasteiger partial charge in [0.2, 0.25) is 5.78 Å². The van der Waals surface area contributed by atoms with Crippen molar-refractivity contribution in [2.75, 3.05) is 32.7 Å². The molecule has 1 fully saturated rings. The molecule has 1 atom stereocenters. The van der Waals surface area contributed by atoms with Gasteiger partial charge in [0.15, 0.2) is 11.6 Å². The second-order valence-electron chi connectivity index (χ2n) is 7.20. The smallest absolute Gasteiger partial charge is 0.210 e. The maximum atomic E-state index is 14.2. The van der Waals surface area contributed by atoms with Crippen LogP contribution in [0.3, 0.4) is 0 Å². The molecule has 2 aromatic carbocycles. The molecule has 4 rings (SSSR count). The van der Waals surface area contributed by atoms with Crippen molar-refractivity contribution in [3.63, 3.8) is 0 Å². The van der Waals surface area contributed by atoms with E-state index in [1.807, 2.05) is 4.90 Å². The van der Waals surface area contributed by atoms with Gasteiger partial charge in [-0.1, -0.05) is 31.2 Å². The molecule has 1 heterocycles. The van der Waals surface area contributed by atoms with E-state index in [4.69, 9.17) is 0 Å². The molecule has 1 unspecified atom stereocenters. The van der Waals surface area contributed by atoms with Crippen LogP contribution in [0.25, 0.3) is 0 Å². The molecule has 5 nitrogen and oxygen atoms in total. The molecule has 0 spiro atoms. The number of nitrogens with zero attached hydrogens (tertiary/aromatic N) is 3. The van der Waals surface area contributed by atoms with Crippen LogP contribution >= 0.6 is 0 Å². The number of rotatable bonds is 3. The number of halogens is 2. The Labute approximate surface area is 167 Å². The number of carbonyl (C=O) groups excluding carboxylic acids is 2. The Morgan fingerprint density at radius 3 is 2.34 bits per heavy atom. The van der Waals surface area contributed by atoms with Gasteiger partial charge in [-0.05, 0) is 18.7 Å². The molecule has 0 aromatic heterocycles. The molecular formula is C22H21F2N3O2. The number of benzene rings is 2. The molecular weight excluding hydrogens is 376 g/mol. The number of likely N-dealkylation sites (N-methyl/N-ethyl adjacent to an activating group) is 1. The van der Waals surface area contributed by atoms with E-state index in [1.54, 1.807) is 24.3 Å². The van der Waals surface area contributed by atoms with Gasteiger partial charge >= 0.3 is 0 Å². The van der Waals surface area contributed by atoms with E-state index in [2.05, 4.69) is 16.8 Å². The first-order valence-corrected chi connectivity index (χ1v) is 9.67. The average molecular weight is 397 g/mol. The van der Waals surface area contributed by atoms with E-state index < -0.39 is 23.5 Å². The summed E-state index contributed by atoms with van der Waals surface area (Å²) in [5, 5.41) is 0. The predicted octanol–water partition coefficient (Wildman–Crippen LogP) is 3.12. The molecule has 1 saturated heterocycles. The van der Waals surface area contributed by atoms with E-state index in [0.717, 1.165) is 31.8 Å². The van der Waals surface area contributed by atoms with Crippen molar-refractivity contribution < 1.29 is 18.4 Å². The third kappa shape index (κ3) is 3.63. The number of piperazine rings is 1. The fraction of sp³-hybridized carbons (Fsp3) is 0.318. The Bertz CT molecular complexity index is 997. The molecule has 0 amide bonds. The Kier molecular flexibility index (Phi) is 5.34. The van der Waals surface area contributed by atoms with Crippen LogP contribution in [0.5, 0.6) is 0 Å². The fourth-order valence-corrected chi connectivity index (χ4v) is 3.92. The van der Waals surface area contributed by atoms with E-state index in [1.165, 1.54) is 6.07 Å². The number of hydrogen-bond donors (Lipinski definition) is 0. The molecule has 0 N–H and O–H groups in total. The summed E-state index contributed by atoms with van der Waals surface area (Å²) in [6.07, 6.45) is 0. The summed E-state index contributed by atoms with van der Waals surface area (Å²) in [7, 11) is 0. The van der Waals surface area contributed by atoms with Crippen LogP contribution in [0.15, 0.2) is 47.5 Å². The van der Waals surface area contributed by atoms with Crippen molar-refractivity contribution in [2.45, 2.75) is 13.0 Å². The highest BCUT2D eigenvalue weighted by Crippen LogP contribution is 2.27. The molecule has 0 radical (unpaired) electrons. The summed E-state index contributed by atoms with van der Waals surface area (Å²) in [5.74, 6) is -2.21. The lowest BCUT2D eigenvalue weighted by Gasteiger charge is -2.39. The van der Waals surface area contributed by atoms with Crippen molar-refractivity contribution in [1.82, 2.24) is 9.80 Å². The van der Waals surface area contributed by atoms with E-state index >= 15 is 0 Å². The van der Waals surface area contributed by atoms with Crippen LogP contribution < -0.4 is 0 Å². The number of hydrogen-bond acceptors (Lipinski definition) is 5. The first kappa shape index (κ1) is 19.5. The quantitative estimate of drug-likeness (QED) is 0.799. The lowest BCUT2D eigenvalue weighted by Crippen LogP contribution is -2.58. The molecule has 0 bridgehead atoms. The first-order chi connectivity index (χ1) is 14.0. The first-order valence-electron chi connectivity index (χ1n) is 9.67. The van der Waals surface area contributed by atoms with Gasteiger partial charge in [0.1, 0.15) is 17.6 Å². The standard InChI is InChI=1S/C22H21F2N3O2/c1-2-26-9-11-27(12-10-26)20-19(25-18-8-7-14(23)13-17(18)24)21(28)15-5-3-4-6-16(15)22(20)29/h3-8,13,20H,2,9-12H2,1H3. The van der Waals surface area contributed by atoms with Gasteiger partial charge < -0.3 is 4.90 Å². The number of Topliss-reactive ketones (excluding diaryl/α,β-unsaturated/α-hetero) is 2. The second-order valence-corrected chi connectivity index (χ2v) is 7.20. The lowest BCUT2D eigenvalue weighted by molar-refractivity contribution is 0.0756. The molecule has 1 aliphatic heterocycles. The Morgan fingerprint density at radius 1 is 1.00 bits per heavy atom. The molecule has 1 aliphatic carbocycles. The highest BCUT2D eigenvalue weighted by molar-refractivity contribution is 6.55. The van der Waals surface area contributed by atoms with Crippen LogP contribution in [0.4, 0.5) is 14.5 Å². The summed E-state index contributed by atoms with van der Waals surface area (Å²) < 4.78 is 27.5. The van der Waals surface area contributed by atoms with Gasteiger partial charge in [0.25, 0.3) is 0 Å².